The fourth-order valence-corrected chi connectivity index (χ4v) is 4.24. The van der Waals surface area contributed by atoms with Crippen LogP contribution in [0.15, 0.2) is 48.5 Å². The van der Waals surface area contributed by atoms with Gasteiger partial charge >= 0.3 is 11.9 Å². The monoisotopic (exact) mass is 438 g/mol. The number of benzene rings is 2. The topological polar surface area (TPSA) is 52.6 Å². The molecule has 0 aliphatic heterocycles. The summed E-state index contributed by atoms with van der Waals surface area (Å²) >= 11 is 0. The molecule has 2 aromatic carbocycles. The predicted octanol–water partition coefficient (Wildman–Crippen LogP) is 6.80. The van der Waals surface area contributed by atoms with E-state index in [-0.39, 0.29) is 30.1 Å². The van der Waals surface area contributed by atoms with Gasteiger partial charge in [0.2, 0.25) is 0 Å². The van der Waals surface area contributed by atoms with Crippen LogP contribution in [0.1, 0.15) is 92.1 Å². The smallest absolute Gasteiger partial charge is 0.338 e. The SMILES string of the molecule is CCCc1ccccc1C(=O)OC(C)C(CCC)C(C)OC(=O)c1ccccc1CCC. The second kappa shape index (κ2) is 13.0. The molecule has 2 atom stereocenters. The molecule has 174 valence electrons. The molecule has 0 fully saturated rings. The molecule has 2 aromatic rings. The predicted molar refractivity (Wildman–Crippen MR) is 129 cm³/mol. The van der Waals surface area contributed by atoms with Gasteiger partial charge in [0.25, 0.3) is 0 Å². The van der Waals surface area contributed by atoms with Gasteiger partial charge in [0, 0.05) is 5.92 Å². The normalized spacial score (nSPS) is 13.8. The highest BCUT2D eigenvalue weighted by Crippen LogP contribution is 2.25. The van der Waals surface area contributed by atoms with E-state index in [4.69, 9.17) is 9.47 Å². The Morgan fingerprint density at radius 1 is 0.688 bits per heavy atom. The number of rotatable bonds is 12. The zero-order valence-electron chi connectivity index (χ0n) is 20.2. The average molecular weight is 439 g/mol. The van der Waals surface area contributed by atoms with Crippen molar-refractivity contribution in [3.05, 3.63) is 70.8 Å². The van der Waals surface area contributed by atoms with Crippen molar-refractivity contribution in [2.24, 2.45) is 5.92 Å². The van der Waals surface area contributed by atoms with Gasteiger partial charge in [-0.2, -0.15) is 0 Å². The van der Waals surface area contributed by atoms with E-state index in [0.29, 0.717) is 11.1 Å². The van der Waals surface area contributed by atoms with Gasteiger partial charge in [-0.15, -0.1) is 0 Å². The highest BCUT2D eigenvalue weighted by atomic mass is 16.6. The minimum atomic E-state index is -0.370. The maximum Gasteiger partial charge on any atom is 0.338 e. The number of hydrogen-bond donors (Lipinski definition) is 0. The van der Waals surface area contributed by atoms with Crippen molar-refractivity contribution in [3.8, 4) is 0 Å². The summed E-state index contributed by atoms with van der Waals surface area (Å²) in [7, 11) is 0. The molecule has 0 saturated heterocycles. The summed E-state index contributed by atoms with van der Waals surface area (Å²) in [5, 5.41) is 0. The van der Waals surface area contributed by atoms with Crippen LogP contribution in [0.25, 0.3) is 0 Å². The van der Waals surface area contributed by atoms with Crippen molar-refractivity contribution >= 4 is 11.9 Å². The molecule has 4 heteroatoms. The van der Waals surface area contributed by atoms with E-state index in [1.165, 1.54) is 0 Å². The van der Waals surface area contributed by atoms with Crippen molar-refractivity contribution in [2.45, 2.75) is 85.4 Å². The van der Waals surface area contributed by atoms with Crippen LogP contribution >= 0.6 is 0 Å². The summed E-state index contributed by atoms with van der Waals surface area (Å²) in [6.45, 7) is 10.1. The zero-order valence-corrected chi connectivity index (χ0v) is 20.2. The molecular formula is C28H38O4. The number of hydrogen-bond acceptors (Lipinski definition) is 4. The summed E-state index contributed by atoms with van der Waals surface area (Å²) < 4.78 is 11.8. The number of carbonyl (C=O) groups excluding carboxylic acids is 2. The average Bonchev–Trinajstić information content (AvgIpc) is 2.78. The third-order valence-corrected chi connectivity index (χ3v) is 5.93. The van der Waals surface area contributed by atoms with Crippen LogP contribution in [-0.2, 0) is 22.3 Å². The third-order valence-electron chi connectivity index (χ3n) is 5.93. The molecule has 0 bridgehead atoms. The van der Waals surface area contributed by atoms with Crippen LogP contribution in [0.3, 0.4) is 0 Å². The van der Waals surface area contributed by atoms with Gasteiger partial charge in [-0.05, 0) is 56.4 Å². The minimum absolute atomic E-state index is 0.0791. The van der Waals surface area contributed by atoms with Crippen LogP contribution < -0.4 is 0 Å². The van der Waals surface area contributed by atoms with Crippen LogP contribution in [0.5, 0.6) is 0 Å². The van der Waals surface area contributed by atoms with E-state index in [0.717, 1.165) is 49.7 Å². The number of carbonyl (C=O) groups is 2. The van der Waals surface area contributed by atoms with Gasteiger partial charge in [-0.25, -0.2) is 9.59 Å². The highest BCUT2D eigenvalue weighted by molar-refractivity contribution is 5.91. The van der Waals surface area contributed by atoms with Crippen molar-refractivity contribution in [1.82, 2.24) is 0 Å². The van der Waals surface area contributed by atoms with E-state index in [1.54, 1.807) is 0 Å². The van der Waals surface area contributed by atoms with Crippen LogP contribution in [0.2, 0.25) is 0 Å². The van der Waals surface area contributed by atoms with E-state index >= 15 is 0 Å². The van der Waals surface area contributed by atoms with Crippen molar-refractivity contribution in [3.63, 3.8) is 0 Å². The first-order valence-electron chi connectivity index (χ1n) is 12.0. The van der Waals surface area contributed by atoms with Crippen LogP contribution in [0, 0.1) is 5.92 Å². The Bertz CT molecular complexity index is 804. The van der Waals surface area contributed by atoms with Crippen molar-refractivity contribution in [2.75, 3.05) is 0 Å². The molecule has 0 amide bonds. The molecule has 0 N–H and O–H groups in total. The Morgan fingerprint density at radius 2 is 1.09 bits per heavy atom. The van der Waals surface area contributed by atoms with E-state index < -0.39 is 0 Å². The van der Waals surface area contributed by atoms with Gasteiger partial charge in [-0.3, -0.25) is 0 Å². The van der Waals surface area contributed by atoms with E-state index in [1.807, 2.05) is 62.4 Å². The van der Waals surface area contributed by atoms with E-state index in [2.05, 4.69) is 20.8 Å². The zero-order chi connectivity index (χ0) is 23.5. The molecule has 0 aliphatic carbocycles. The molecule has 0 saturated carbocycles. The molecule has 2 unspecified atom stereocenters. The third kappa shape index (κ3) is 6.94. The lowest BCUT2D eigenvalue weighted by Crippen LogP contribution is -2.35. The van der Waals surface area contributed by atoms with Gasteiger partial charge < -0.3 is 9.47 Å². The van der Waals surface area contributed by atoms with Crippen molar-refractivity contribution < 1.29 is 19.1 Å². The molecule has 2 rings (SSSR count). The maximum atomic E-state index is 12.9. The number of esters is 2. The molecule has 32 heavy (non-hydrogen) atoms. The Labute approximate surface area is 193 Å². The van der Waals surface area contributed by atoms with Crippen LogP contribution in [0.4, 0.5) is 0 Å². The van der Waals surface area contributed by atoms with Crippen LogP contribution in [-0.4, -0.2) is 24.1 Å². The molecular weight excluding hydrogens is 400 g/mol. The van der Waals surface area contributed by atoms with Crippen molar-refractivity contribution in [1.29, 1.82) is 0 Å². The summed E-state index contributed by atoms with van der Waals surface area (Å²) in [4.78, 5) is 25.8. The fraction of sp³-hybridized carbons (Fsp3) is 0.500. The lowest BCUT2D eigenvalue weighted by molar-refractivity contribution is -0.0248. The lowest BCUT2D eigenvalue weighted by atomic mass is 9.92. The number of ether oxygens (including phenoxy) is 2. The molecule has 0 radical (unpaired) electrons. The molecule has 0 aliphatic rings. The molecule has 0 heterocycles. The quantitative estimate of drug-likeness (QED) is 0.342. The Balaban J connectivity index is 2.11. The Kier molecular flexibility index (Phi) is 10.5. The Morgan fingerprint density at radius 3 is 1.47 bits per heavy atom. The maximum absolute atomic E-state index is 12.9. The fourth-order valence-electron chi connectivity index (χ4n) is 4.24. The highest BCUT2D eigenvalue weighted by Gasteiger charge is 2.30. The van der Waals surface area contributed by atoms with Gasteiger partial charge in [0.1, 0.15) is 12.2 Å². The summed E-state index contributed by atoms with van der Waals surface area (Å²) in [5.41, 5.74) is 3.25. The second-order valence-corrected chi connectivity index (χ2v) is 8.49. The second-order valence-electron chi connectivity index (χ2n) is 8.49. The first kappa shape index (κ1) is 25.6. The van der Waals surface area contributed by atoms with Gasteiger partial charge in [-0.1, -0.05) is 76.4 Å². The van der Waals surface area contributed by atoms with Gasteiger partial charge in [0.15, 0.2) is 0 Å². The molecule has 4 nitrogen and oxygen atoms in total. The minimum Gasteiger partial charge on any atom is -0.459 e. The Hall–Kier alpha value is -2.62. The van der Waals surface area contributed by atoms with Gasteiger partial charge in [0.05, 0.1) is 11.1 Å². The first-order chi connectivity index (χ1) is 15.4. The number of aryl methyl sites for hydroxylation is 2. The lowest BCUT2D eigenvalue weighted by Gasteiger charge is -2.29. The largest absolute Gasteiger partial charge is 0.459 e. The molecule has 0 aromatic heterocycles. The summed E-state index contributed by atoms with van der Waals surface area (Å²) in [5.74, 6) is -0.700. The standard InChI is InChI=1S/C28H38O4/c1-6-13-22-16-9-11-18-25(22)27(29)31-20(4)24(15-8-3)21(5)32-28(30)26-19-12-10-17-23(26)14-7-2/h9-12,16-21,24H,6-8,13-15H2,1-5H3. The van der Waals surface area contributed by atoms with E-state index in [9.17, 15) is 9.59 Å². The summed E-state index contributed by atoms with van der Waals surface area (Å²) in [6.07, 6.45) is 4.57. The molecule has 0 spiro atoms. The summed E-state index contributed by atoms with van der Waals surface area (Å²) in [6, 6.07) is 15.2. The first-order valence-corrected chi connectivity index (χ1v) is 12.0.